The third-order valence-corrected chi connectivity index (χ3v) is 7.13. The van der Waals surface area contributed by atoms with Crippen molar-refractivity contribution < 1.29 is 31.1 Å². The molecule has 6 aromatic rings. The molecular weight excluding hydrogens is 675 g/mol. The van der Waals surface area contributed by atoms with Gasteiger partial charge in [0.25, 0.3) is 0 Å². The summed E-state index contributed by atoms with van der Waals surface area (Å²) in [6.07, 6.45) is 9.47. The summed E-state index contributed by atoms with van der Waals surface area (Å²) in [5.74, 6) is -0.464. The van der Waals surface area contributed by atoms with E-state index in [0.717, 1.165) is 42.4 Å². The Hall–Kier alpha value is -3.24. The molecule has 199 valence electrons. The van der Waals surface area contributed by atoms with Crippen LogP contribution in [0.2, 0.25) is 0 Å². The fraction of sp³-hybridized carbons (Fsp3) is 0.206. The Kier molecular flexibility index (Phi) is 7.49. The molecule has 1 saturated carbocycles. The molecule has 39 heavy (non-hydrogen) atoms. The second-order valence-electron chi connectivity index (χ2n) is 8.67. The summed E-state index contributed by atoms with van der Waals surface area (Å²) in [6.45, 7) is -2.42. The minimum absolute atomic E-state index is 0. The van der Waals surface area contributed by atoms with Gasteiger partial charge >= 0.3 is 0 Å². The minimum atomic E-state index is -2.42. The van der Waals surface area contributed by atoms with Crippen LogP contribution < -0.4 is 0 Å². The molecule has 0 aliphatic heterocycles. The maximum atomic E-state index is 8.71. The Labute approximate surface area is 260 Å². The molecule has 1 fully saturated rings. The van der Waals surface area contributed by atoms with Gasteiger partial charge < -0.3 is 4.98 Å². The molecule has 0 bridgehead atoms. The Bertz CT molecular complexity index is 1920. The molecule has 7 rings (SSSR count). The molecule has 0 spiro atoms. The summed E-state index contributed by atoms with van der Waals surface area (Å²) in [7, 11) is 0. The van der Waals surface area contributed by atoms with E-state index in [0.29, 0.717) is 5.56 Å². The first kappa shape index (κ1) is 19.8. The van der Waals surface area contributed by atoms with Gasteiger partial charge in [-0.3, -0.25) is 4.98 Å². The Balaban J connectivity index is 0.000000171. The average molecular weight is 714 g/mol. The van der Waals surface area contributed by atoms with Crippen LogP contribution >= 0.6 is 11.3 Å². The van der Waals surface area contributed by atoms with Crippen LogP contribution in [0.25, 0.3) is 31.6 Å². The number of aryl methyl sites for hydroxylation is 1. The predicted octanol–water partition coefficient (Wildman–Crippen LogP) is 9.23. The Morgan fingerprint density at radius 2 is 1.90 bits per heavy atom. The number of thiophene rings is 1. The first-order chi connectivity index (χ1) is 22.0. The molecule has 0 atom stereocenters. The van der Waals surface area contributed by atoms with Gasteiger partial charge in [-0.25, -0.2) is 4.98 Å². The van der Waals surface area contributed by atoms with E-state index in [1.54, 1.807) is 35.6 Å². The van der Waals surface area contributed by atoms with Gasteiger partial charge in [-0.05, 0) is 54.5 Å². The topological polar surface area (TPSA) is 38.7 Å². The third kappa shape index (κ3) is 7.89. The molecule has 3 nitrogen and oxygen atoms in total. The van der Waals surface area contributed by atoms with Crippen LogP contribution in [0.1, 0.15) is 60.2 Å². The molecule has 0 N–H and O–H groups in total. The molecule has 0 amide bonds. The number of fused-ring (bicyclic) bond motifs is 3. The Morgan fingerprint density at radius 3 is 2.67 bits per heavy atom. The maximum Gasteiger partial charge on any atom is 0.110 e. The van der Waals surface area contributed by atoms with Crippen molar-refractivity contribution in [2.24, 2.45) is 0 Å². The first-order valence-corrected chi connectivity index (χ1v) is 13.3. The van der Waals surface area contributed by atoms with E-state index in [-0.39, 0.29) is 55.5 Å². The number of hydrogen-bond donors (Lipinski definition) is 0. The van der Waals surface area contributed by atoms with Crippen LogP contribution in [-0.4, -0.2) is 15.0 Å². The van der Waals surface area contributed by atoms with E-state index in [9.17, 15) is 0 Å². The fourth-order valence-electron chi connectivity index (χ4n) is 4.22. The van der Waals surface area contributed by atoms with Gasteiger partial charge in [0, 0.05) is 55.8 Å². The van der Waals surface area contributed by atoms with Crippen molar-refractivity contribution in [3.05, 3.63) is 127 Å². The van der Waals surface area contributed by atoms with Crippen LogP contribution in [0.3, 0.4) is 0 Å². The van der Waals surface area contributed by atoms with Gasteiger partial charge in [-0.1, -0.05) is 48.2 Å². The minimum Gasteiger partial charge on any atom is -0.304 e. The Morgan fingerprint density at radius 1 is 0.974 bits per heavy atom. The van der Waals surface area contributed by atoms with Crippen LogP contribution in [0.15, 0.2) is 103 Å². The summed E-state index contributed by atoms with van der Waals surface area (Å²) in [5.41, 5.74) is 1.61. The molecular formula is C34H31IrN3S-2. The zero-order chi connectivity index (χ0) is 32.9. The van der Waals surface area contributed by atoms with Crippen molar-refractivity contribution in [1.82, 2.24) is 15.0 Å². The molecule has 1 aliphatic carbocycles. The van der Waals surface area contributed by atoms with Crippen molar-refractivity contribution >= 4 is 31.6 Å². The fourth-order valence-corrected chi connectivity index (χ4v) is 5.28. The largest absolute Gasteiger partial charge is 0.304 e. The average Bonchev–Trinajstić information content (AvgIpc) is 3.43. The van der Waals surface area contributed by atoms with Crippen LogP contribution in [0.5, 0.6) is 0 Å². The van der Waals surface area contributed by atoms with Gasteiger partial charge in [0.2, 0.25) is 0 Å². The number of benzene rings is 2. The second-order valence-corrected chi connectivity index (χ2v) is 9.70. The molecule has 5 heteroatoms. The van der Waals surface area contributed by atoms with Crippen molar-refractivity contribution in [2.75, 3.05) is 0 Å². The molecule has 0 saturated heterocycles. The van der Waals surface area contributed by atoms with Crippen LogP contribution in [0.4, 0.5) is 0 Å². The summed E-state index contributed by atoms with van der Waals surface area (Å²) in [6, 6.07) is 24.7. The van der Waals surface area contributed by atoms with E-state index in [1.807, 2.05) is 12.1 Å². The first-order valence-electron chi connectivity index (χ1n) is 16.5. The van der Waals surface area contributed by atoms with Crippen molar-refractivity contribution in [2.45, 2.75) is 44.8 Å². The van der Waals surface area contributed by atoms with Gasteiger partial charge in [-0.2, -0.15) is 35.6 Å². The SMILES string of the molecule is [2H]C1(c2ccc3c(n2)sc2c[c-]ccc23)CCCCC1.[2H]c1c(C([2H])([2H])[2H])cnc(-c2[c-]cccc2)c1[2H].[2H]c1ccncc1[2H].[Ir]. The zero-order valence-corrected chi connectivity index (χ0v) is 24.3. The molecule has 0 unspecified atom stereocenters. The van der Waals surface area contributed by atoms with E-state index in [4.69, 9.17) is 16.0 Å². The van der Waals surface area contributed by atoms with E-state index in [2.05, 4.69) is 40.3 Å². The van der Waals surface area contributed by atoms with Crippen LogP contribution in [0, 0.1) is 19.0 Å². The van der Waals surface area contributed by atoms with Crippen molar-refractivity contribution in [1.29, 1.82) is 0 Å². The standard InChI is InChI=1S/C17H16NS.C12H10N.C5H5N.Ir/c1-2-6-12(7-3-1)15-11-10-14-13-8-4-5-9-16(13)19-17(14)18-15;1-10-7-8-12(13-9-10)11-5-3-2-4-6-11;1-2-4-6-5-3-1;/h4,8-12H,1-3,6-7H2;2-5,7-9H,1H3;1-5H;/q2*-1;;/i12D;1D3,7D,8D;1D,2D;. The summed E-state index contributed by atoms with van der Waals surface area (Å²) < 4.78 is 61.3. The number of aromatic nitrogens is 3. The molecule has 1 aliphatic rings. The molecule has 4 heterocycles. The normalized spacial score (nSPS) is 17.0. The number of pyridine rings is 3. The predicted molar refractivity (Wildman–Crippen MR) is 159 cm³/mol. The molecule has 4 aromatic heterocycles. The summed E-state index contributed by atoms with van der Waals surface area (Å²) >= 11 is 1.71. The number of rotatable bonds is 2. The van der Waals surface area contributed by atoms with E-state index < -0.39 is 12.7 Å². The van der Waals surface area contributed by atoms with Gasteiger partial charge in [0.1, 0.15) is 4.83 Å². The third-order valence-electron chi connectivity index (χ3n) is 6.07. The van der Waals surface area contributed by atoms with Gasteiger partial charge in [0.05, 0.1) is 5.48 Å². The van der Waals surface area contributed by atoms with E-state index >= 15 is 0 Å². The van der Waals surface area contributed by atoms with Crippen molar-refractivity contribution in [3.8, 4) is 11.3 Å². The quantitative estimate of drug-likeness (QED) is 0.168. The van der Waals surface area contributed by atoms with Gasteiger partial charge in [0.15, 0.2) is 0 Å². The second kappa shape index (κ2) is 14.8. The molecule has 1 radical (unpaired) electrons. The summed E-state index contributed by atoms with van der Waals surface area (Å²) in [4.78, 5) is 13.5. The van der Waals surface area contributed by atoms with Crippen molar-refractivity contribution in [3.63, 3.8) is 0 Å². The van der Waals surface area contributed by atoms with E-state index in [1.165, 1.54) is 40.4 Å². The van der Waals surface area contributed by atoms with Crippen LogP contribution in [-0.2, 0) is 20.1 Å². The maximum absolute atomic E-state index is 8.71. The summed E-state index contributed by atoms with van der Waals surface area (Å²) in [5, 5.41) is 2.47. The monoisotopic (exact) mass is 714 g/mol. The number of nitrogens with zero attached hydrogens (tertiary/aromatic N) is 3. The smallest absolute Gasteiger partial charge is 0.110 e. The zero-order valence-electron chi connectivity index (χ0n) is 29.1. The number of hydrogen-bond acceptors (Lipinski definition) is 4. The van der Waals surface area contributed by atoms with Gasteiger partial charge in [-0.15, -0.1) is 41.3 Å². The molecule has 2 aromatic carbocycles.